The summed E-state index contributed by atoms with van der Waals surface area (Å²) >= 11 is 0. The largest absolute Gasteiger partial charge is 0.465 e. The summed E-state index contributed by atoms with van der Waals surface area (Å²) in [5.41, 5.74) is -1.07. The fraction of sp³-hybridized carbons (Fsp3) is 0.905. The zero-order valence-electron chi connectivity index (χ0n) is 16.7. The highest BCUT2D eigenvalue weighted by atomic mass is 16.6. The van der Waals surface area contributed by atoms with Crippen LogP contribution in [-0.2, 0) is 19.1 Å². The molecule has 4 bridgehead atoms. The average molecular weight is 350 g/mol. The summed E-state index contributed by atoms with van der Waals surface area (Å²) in [6.07, 6.45) is 5.13. The van der Waals surface area contributed by atoms with Gasteiger partial charge in [0.25, 0.3) is 0 Å². The third-order valence-corrected chi connectivity index (χ3v) is 7.80. The van der Waals surface area contributed by atoms with Crippen molar-refractivity contribution in [2.45, 2.75) is 79.2 Å². The van der Waals surface area contributed by atoms with Crippen molar-refractivity contribution in [3.8, 4) is 0 Å². The van der Waals surface area contributed by atoms with E-state index in [4.69, 9.17) is 9.47 Å². The normalized spacial score (nSPS) is 36.6. The molecule has 25 heavy (non-hydrogen) atoms. The Morgan fingerprint density at radius 1 is 1.04 bits per heavy atom. The molecule has 0 amide bonds. The third kappa shape index (κ3) is 3.10. The summed E-state index contributed by atoms with van der Waals surface area (Å²) < 4.78 is 11.4. The molecule has 0 spiro atoms. The molecule has 0 aliphatic heterocycles. The van der Waals surface area contributed by atoms with Crippen LogP contribution in [0.2, 0.25) is 0 Å². The summed E-state index contributed by atoms with van der Waals surface area (Å²) in [6.45, 7) is 12.1. The molecule has 5 unspecified atom stereocenters. The second-order valence-electron chi connectivity index (χ2n) is 10.3. The van der Waals surface area contributed by atoms with Gasteiger partial charge >= 0.3 is 11.9 Å². The van der Waals surface area contributed by atoms with Gasteiger partial charge < -0.3 is 9.47 Å². The van der Waals surface area contributed by atoms with Gasteiger partial charge in [0, 0.05) is 5.92 Å². The number of hydrogen-bond donors (Lipinski definition) is 0. The van der Waals surface area contributed by atoms with E-state index in [0.29, 0.717) is 11.8 Å². The van der Waals surface area contributed by atoms with Gasteiger partial charge in [-0.2, -0.15) is 0 Å². The Morgan fingerprint density at radius 3 is 2.32 bits per heavy atom. The number of rotatable bonds is 5. The van der Waals surface area contributed by atoms with Gasteiger partial charge in [-0.1, -0.05) is 20.8 Å². The van der Waals surface area contributed by atoms with Crippen molar-refractivity contribution in [1.29, 1.82) is 0 Å². The monoisotopic (exact) mass is 350 g/mol. The molecular weight excluding hydrogens is 316 g/mol. The first-order chi connectivity index (χ1) is 11.4. The summed E-state index contributed by atoms with van der Waals surface area (Å²) in [7, 11) is 0. The van der Waals surface area contributed by atoms with E-state index in [9.17, 15) is 9.59 Å². The fourth-order valence-electron chi connectivity index (χ4n) is 5.20. The fourth-order valence-corrected chi connectivity index (χ4v) is 5.20. The highest BCUT2D eigenvalue weighted by Gasteiger charge is 2.62. The SMILES string of the molecule is CC1(OC(=O)CCOC(=O)C(C)(C)C(C)(C)C)C2CC3CC(C2)C1C3. The van der Waals surface area contributed by atoms with Gasteiger partial charge in [-0.3, -0.25) is 9.59 Å². The molecule has 0 saturated heterocycles. The number of carbonyl (C=O) groups excluding carboxylic acids is 2. The van der Waals surface area contributed by atoms with Crippen LogP contribution in [0.3, 0.4) is 0 Å². The van der Waals surface area contributed by atoms with Crippen LogP contribution in [0.4, 0.5) is 0 Å². The second kappa shape index (κ2) is 5.99. The zero-order valence-corrected chi connectivity index (χ0v) is 16.7. The molecule has 0 aromatic heterocycles. The average Bonchev–Trinajstić information content (AvgIpc) is 2.87. The number of hydrogen-bond acceptors (Lipinski definition) is 4. The van der Waals surface area contributed by atoms with Gasteiger partial charge in [-0.15, -0.1) is 0 Å². The Hall–Kier alpha value is -1.06. The van der Waals surface area contributed by atoms with Crippen molar-refractivity contribution in [2.75, 3.05) is 6.61 Å². The van der Waals surface area contributed by atoms with Crippen LogP contribution in [-0.4, -0.2) is 24.1 Å². The molecule has 4 aliphatic carbocycles. The Balaban J connectivity index is 1.49. The minimum absolute atomic E-state index is 0.106. The van der Waals surface area contributed by atoms with E-state index in [1.807, 2.05) is 34.6 Å². The van der Waals surface area contributed by atoms with Crippen LogP contribution < -0.4 is 0 Å². The van der Waals surface area contributed by atoms with E-state index in [-0.39, 0.29) is 36.0 Å². The maximum Gasteiger partial charge on any atom is 0.312 e. The standard InChI is InChI=1S/C21H34O4/c1-19(2,3)20(4,5)18(23)24-8-7-17(22)25-21(6)15-10-13-9-14(12-15)16(21)11-13/h13-16H,7-12H2,1-6H3. The van der Waals surface area contributed by atoms with Gasteiger partial charge in [0.15, 0.2) is 0 Å². The molecule has 4 heteroatoms. The van der Waals surface area contributed by atoms with Gasteiger partial charge in [-0.25, -0.2) is 0 Å². The molecule has 4 aliphatic rings. The minimum Gasteiger partial charge on any atom is -0.465 e. The zero-order chi connectivity index (χ0) is 18.6. The number of carbonyl (C=O) groups is 2. The predicted octanol–water partition coefficient (Wildman–Crippen LogP) is 4.36. The lowest BCUT2D eigenvalue weighted by molar-refractivity contribution is -0.173. The molecule has 4 saturated carbocycles. The lowest BCUT2D eigenvalue weighted by Gasteiger charge is -2.41. The van der Waals surface area contributed by atoms with Crippen molar-refractivity contribution in [2.24, 2.45) is 34.5 Å². The van der Waals surface area contributed by atoms with Crippen LogP contribution >= 0.6 is 0 Å². The predicted molar refractivity (Wildman–Crippen MR) is 95.7 cm³/mol. The smallest absolute Gasteiger partial charge is 0.312 e. The highest BCUT2D eigenvalue weighted by molar-refractivity contribution is 5.77. The molecule has 142 valence electrons. The summed E-state index contributed by atoms with van der Waals surface area (Å²) in [4.78, 5) is 24.7. The van der Waals surface area contributed by atoms with E-state index < -0.39 is 5.41 Å². The van der Waals surface area contributed by atoms with Crippen LogP contribution in [0.1, 0.15) is 73.6 Å². The molecule has 0 radical (unpaired) electrons. The summed E-state index contributed by atoms with van der Waals surface area (Å²) in [5.74, 6) is 2.22. The lowest BCUT2D eigenvalue weighted by atomic mass is 9.69. The van der Waals surface area contributed by atoms with Gasteiger partial charge in [0.2, 0.25) is 0 Å². The van der Waals surface area contributed by atoms with Crippen LogP contribution in [0.15, 0.2) is 0 Å². The van der Waals surface area contributed by atoms with Crippen molar-refractivity contribution >= 4 is 11.9 Å². The molecule has 4 fully saturated rings. The first-order valence-electron chi connectivity index (χ1n) is 9.84. The number of esters is 2. The Bertz CT molecular complexity index is 555. The number of ether oxygens (including phenoxy) is 2. The third-order valence-electron chi connectivity index (χ3n) is 7.80. The van der Waals surface area contributed by atoms with E-state index in [0.717, 1.165) is 11.8 Å². The minimum atomic E-state index is -0.591. The van der Waals surface area contributed by atoms with Crippen LogP contribution in [0.5, 0.6) is 0 Å². The molecule has 5 atom stereocenters. The molecule has 4 rings (SSSR count). The lowest BCUT2D eigenvalue weighted by Crippen LogP contribution is -2.45. The van der Waals surface area contributed by atoms with Crippen LogP contribution in [0.25, 0.3) is 0 Å². The van der Waals surface area contributed by atoms with Crippen molar-refractivity contribution in [1.82, 2.24) is 0 Å². The van der Waals surface area contributed by atoms with Crippen molar-refractivity contribution in [3.63, 3.8) is 0 Å². The maximum atomic E-state index is 12.4. The maximum absolute atomic E-state index is 12.4. The van der Waals surface area contributed by atoms with Crippen molar-refractivity contribution < 1.29 is 19.1 Å². The van der Waals surface area contributed by atoms with E-state index in [1.54, 1.807) is 0 Å². The van der Waals surface area contributed by atoms with Gasteiger partial charge in [0.05, 0.1) is 11.8 Å². The second-order valence-corrected chi connectivity index (χ2v) is 10.3. The quantitative estimate of drug-likeness (QED) is 0.691. The van der Waals surface area contributed by atoms with Gasteiger partial charge in [-0.05, 0) is 69.6 Å². The van der Waals surface area contributed by atoms with Crippen molar-refractivity contribution in [3.05, 3.63) is 0 Å². The Kier molecular flexibility index (Phi) is 4.49. The topological polar surface area (TPSA) is 52.6 Å². The summed E-state index contributed by atoms with van der Waals surface area (Å²) in [6, 6.07) is 0. The highest BCUT2D eigenvalue weighted by Crippen LogP contribution is 2.63. The van der Waals surface area contributed by atoms with E-state index in [2.05, 4.69) is 6.92 Å². The molecule has 0 N–H and O–H groups in total. The van der Waals surface area contributed by atoms with Gasteiger partial charge in [0.1, 0.15) is 12.2 Å². The Morgan fingerprint density at radius 2 is 1.72 bits per heavy atom. The van der Waals surface area contributed by atoms with E-state index >= 15 is 0 Å². The van der Waals surface area contributed by atoms with Crippen LogP contribution in [0, 0.1) is 34.5 Å². The Labute approximate surface area is 152 Å². The molecule has 4 nitrogen and oxygen atoms in total. The first-order valence-corrected chi connectivity index (χ1v) is 9.84. The molecular formula is C21H34O4. The van der Waals surface area contributed by atoms with E-state index in [1.165, 1.54) is 25.7 Å². The first kappa shape index (κ1) is 18.7. The molecule has 0 heterocycles. The summed E-state index contributed by atoms with van der Waals surface area (Å²) in [5, 5.41) is 0. The molecule has 0 aromatic carbocycles. The molecule has 0 aromatic rings.